The largest absolute Gasteiger partial charge is 0.264 e. The standard InChI is InChI=1S/3C23H20.C15H14.4C14H13N/c1-15-6-7-18-11-22-13-20-9-16-4-2-3-5-17(16)10-21(20)14-23(22)12-19(18)8-15;1-15-6-7-18-14-23-20(12-21(18)10-15)9-8-19-11-16-4-2-3-5-17(16)13-22(19)23;1-15-6-7-18-12-20-9-8-19-11-16-4-2-3-5-17(16)13-22(19)23(20)14-21(18)10-15;1-11-6-7-14-9-12-4-2-3-5-13(12)10-15(14)8-11;1-10-2-3-11-8-14-9-15-5-4-12(14)7-13(11)6-10;1-10-2-3-11-7-12-4-5-15-9-14(12)8-13(11)6-10;1-10-4-5-11-9-14-12(3-2-6-15-14)8-13(11)7-10;1-10-4-5-11-8-12-3-2-6-15-14(12)9-13(11)7-10/h2-8,13-14H,9-12H2,1H3;2*2-10H,11-14H2,1H3;2-8H,9-10H2,1H3;2*2-6,9H,7-8H2,1H3;2*2-7H,8-9H2,1H3. The molecule has 706 valence electrons. The molecule has 11 aliphatic carbocycles. The molecule has 4 nitrogen and oxygen atoms in total. The summed E-state index contributed by atoms with van der Waals surface area (Å²) in [4.78, 5) is 17.3. The van der Waals surface area contributed by atoms with Crippen molar-refractivity contribution in [2.45, 2.75) is 197 Å². The molecule has 15 aromatic carbocycles. The van der Waals surface area contributed by atoms with Gasteiger partial charge in [0.1, 0.15) is 0 Å². The van der Waals surface area contributed by atoms with E-state index in [4.69, 9.17) is 0 Å². The highest BCUT2D eigenvalue weighted by Crippen LogP contribution is 2.43. The summed E-state index contributed by atoms with van der Waals surface area (Å²) < 4.78 is 0. The summed E-state index contributed by atoms with van der Waals surface area (Å²) in [6, 6.07) is 117. The maximum atomic E-state index is 4.45. The van der Waals surface area contributed by atoms with E-state index in [-0.39, 0.29) is 0 Å². The summed E-state index contributed by atoms with van der Waals surface area (Å²) in [5, 5.41) is 0. The Morgan fingerprint density at radius 1 is 0.125 bits per heavy atom. The first kappa shape index (κ1) is 92.6. The van der Waals surface area contributed by atoms with Gasteiger partial charge in [0.15, 0.2) is 0 Å². The Kier molecular flexibility index (Phi) is 26.2. The number of benzene rings is 15. The van der Waals surface area contributed by atoms with Crippen LogP contribution in [-0.4, -0.2) is 19.9 Å². The predicted octanol–water partition coefficient (Wildman–Crippen LogP) is 30.0. The number of hydrogen-bond acceptors (Lipinski definition) is 4. The summed E-state index contributed by atoms with van der Waals surface area (Å²) in [6.07, 6.45) is 35.2. The van der Waals surface area contributed by atoms with Gasteiger partial charge >= 0.3 is 0 Å². The minimum absolute atomic E-state index is 0.992. The van der Waals surface area contributed by atoms with Crippen LogP contribution in [0.25, 0.3) is 0 Å². The smallest absolute Gasteiger partial charge is 0.0482 e. The van der Waals surface area contributed by atoms with Crippen molar-refractivity contribution in [3.63, 3.8) is 0 Å². The van der Waals surface area contributed by atoms with Gasteiger partial charge < -0.3 is 0 Å². The molecule has 30 rings (SSSR count). The molecule has 4 heteroatoms. The Balaban J connectivity index is 0.0000000919. The van der Waals surface area contributed by atoms with Gasteiger partial charge in [-0.1, -0.05) is 336 Å². The lowest BCUT2D eigenvalue weighted by Crippen LogP contribution is -2.16. The molecule has 0 saturated carbocycles. The first-order chi connectivity index (χ1) is 70.4. The van der Waals surface area contributed by atoms with Gasteiger partial charge in [-0.15, -0.1) is 0 Å². The fourth-order valence-electron chi connectivity index (χ4n) is 24.5. The van der Waals surface area contributed by atoms with Gasteiger partial charge in [0.05, 0.1) is 0 Å². The second-order valence-electron chi connectivity index (χ2n) is 42.7. The second-order valence-corrected chi connectivity index (χ2v) is 42.7. The van der Waals surface area contributed by atoms with Crippen LogP contribution in [0.3, 0.4) is 0 Å². The molecule has 4 heterocycles. The third kappa shape index (κ3) is 20.3. The van der Waals surface area contributed by atoms with Crippen LogP contribution in [0.4, 0.5) is 0 Å². The van der Waals surface area contributed by atoms with E-state index in [1.807, 2.05) is 49.3 Å². The molecule has 0 fully saturated rings. The van der Waals surface area contributed by atoms with Gasteiger partial charge in [-0.05, 0) is 442 Å². The molecule has 0 atom stereocenters. The molecule has 19 aromatic rings. The third-order valence-electron chi connectivity index (χ3n) is 32.4. The predicted molar refractivity (Wildman–Crippen MR) is 593 cm³/mol. The molecular formula is C140H126N4. The summed E-state index contributed by atoms with van der Waals surface area (Å²) in [6.45, 7) is 17.4. The fraction of sp³-hybridized carbons (Fsp3) is 0.214. The first-order valence-electron chi connectivity index (χ1n) is 52.5. The van der Waals surface area contributed by atoms with Crippen molar-refractivity contribution < 1.29 is 0 Å². The van der Waals surface area contributed by atoms with Crippen LogP contribution in [0.5, 0.6) is 0 Å². The highest BCUT2D eigenvalue weighted by Gasteiger charge is 2.30. The molecule has 0 unspecified atom stereocenters. The van der Waals surface area contributed by atoms with Crippen LogP contribution in [0.15, 0.2) is 353 Å². The Morgan fingerprint density at radius 3 is 0.597 bits per heavy atom. The van der Waals surface area contributed by atoms with Crippen molar-refractivity contribution in [3.8, 4) is 0 Å². The van der Waals surface area contributed by atoms with E-state index in [1.165, 1.54) is 234 Å². The molecule has 0 radical (unpaired) electrons. The van der Waals surface area contributed by atoms with E-state index >= 15 is 0 Å². The maximum absolute atomic E-state index is 4.45. The topological polar surface area (TPSA) is 51.6 Å². The van der Waals surface area contributed by atoms with Gasteiger partial charge in [0, 0.05) is 61.4 Å². The van der Waals surface area contributed by atoms with Crippen LogP contribution >= 0.6 is 0 Å². The number of aryl methyl sites for hydroxylation is 8. The average Bonchev–Trinajstić information content (AvgIpc) is 0.763. The lowest BCUT2D eigenvalue weighted by atomic mass is 9.76. The van der Waals surface area contributed by atoms with Gasteiger partial charge in [-0.25, -0.2) is 0 Å². The van der Waals surface area contributed by atoms with Crippen LogP contribution in [0.1, 0.15) is 290 Å². The Hall–Kier alpha value is -15.1. The minimum atomic E-state index is 0.992. The Bertz CT molecular complexity index is 7580. The van der Waals surface area contributed by atoms with Gasteiger partial charge in [0.25, 0.3) is 0 Å². The molecular weight excluding hydrogens is 1740 g/mol. The molecule has 144 heavy (non-hydrogen) atoms. The van der Waals surface area contributed by atoms with Crippen molar-refractivity contribution in [2.75, 3.05) is 0 Å². The lowest BCUT2D eigenvalue weighted by Gasteiger charge is -2.28. The minimum Gasteiger partial charge on any atom is -0.264 e. The summed E-state index contributed by atoms with van der Waals surface area (Å²) in [5.41, 5.74) is 76.4. The zero-order valence-corrected chi connectivity index (χ0v) is 84.8. The van der Waals surface area contributed by atoms with E-state index in [2.05, 4.69) is 379 Å². The van der Waals surface area contributed by atoms with Crippen LogP contribution < -0.4 is 0 Å². The van der Waals surface area contributed by atoms with Crippen LogP contribution in [-0.2, 0) is 141 Å². The second kappa shape index (κ2) is 40.7. The Labute approximate surface area is 852 Å². The van der Waals surface area contributed by atoms with E-state index in [1.54, 1.807) is 55.6 Å². The fourth-order valence-corrected chi connectivity index (χ4v) is 24.5. The van der Waals surface area contributed by atoms with E-state index in [9.17, 15) is 0 Å². The molecule has 0 bridgehead atoms. The Morgan fingerprint density at radius 2 is 0.292 bits per heavy atom. The van der Waals surface area contributed by atoms with Crippen molar-refractivity contribution in [1.29, 1.82) is 0 Å². The van der Waals surface area contributed by atoms with Gasteiger partial charge in [0.2, 0.25) is 0 Å². The van der Waals surface area contributed by atoms with Gasteiger partial charge in [-0.3, -0.25) is 19.9 Å². The van der Waals surface area contributed by atoms with E-state index in [0.29, 0.717) is 0 Å². The third-order valence-corrected chi connectivity index (χ3v) is 32.4. The van der Waals surface area contributed by atoms with Crippen molar-refractivity contribution in [1.82, 2.24) is 19.9 Å². The summed E-state index contributed by atoms with van der Waals surface area (Å²) in [5.74, 6) is 0. The molecule has 11 aliphatic rings. The summed E-state index contributed by atoms with van der Waals surface area (Å²) in [7, 11) is 0. The lowest BCUT2D eigenvalue weighted by molar-refractivity contribution is 0.918. The number of aromatic nitrogens is 4. The van der Waals surface area contributed by atoms with Gasteiger partial charge in [-0.2, -0.15) is 0 Å². The van der Waals surface area contributed by atoms with Crippen molar-refractivity contribution in [3.05, 3.63) is 642 Å². The van der Waals surface area contributed by atoms with Crippen LogP contribution in [0, 0.1) is 55.4 Å². The average molecular weight is 1860 g/mol. The van der Waals surface area contributed by atoms with Crippen LogP contribution in [0.2, 0.25) is 0 Å². The highest BCUT2D eigenvalue weighted by molar-refractivity contribution is 5.62. The monoisotopic (exact) mass is 1860 g/mol. The number of rotatable bonds is 0. The zero-order valence-electron chi connectivity index (χ0n) is 84.8. The molecule has 0 saturated heterocycles. The van der Waals surface area contributed by atoms with Crippen molar-refractivity contribution >= 4 is 0 Å². The number of pyridine rings is 4. The molecule has 4 aromatic heterocycles. The zero-order chi connectivity index (χ0) is 97.4. The number of hydrogen-bond donors (Lipinski definition) is 0. The quantitative estimate of drug-likeness (QED) is 0.152. The summed E-state index contributed by atoms with van der Waals surface area (Å²) >= 11 is 0. The molecule has 0 spiro atoms. The first-order valence-corrected chi connectivity index (χ1v) is 52.5. The van der Waals surface area contributed by atoms with E-state index in [0.717, 1.165) is 141 Å². The molecule has 0 aliphatic heterocycles. The maximum Gasteiger partial charge on any atom is 0.0482 e. The highest BCUT2D eigenvalue weighted by atomic mass is 14.7. The molecule has 0 amide bonds. The van der Waals surface area contributed by atoms with Crippen molar-refractivity contribution in [2.24, 2.45) is 0 Å². The SMILES string of the molecule is Cc1ccc2c(c1)Cc1c(ccc3c1Cc1ccccc1C3)C2.Cc1ccc2c(c1)Cc1cc3c(cc1C2)Cc1ccccc1C3.Cc1ccc2c(c1)Cc1ccc3c(c1C2)Cc1ccccc1C3.Cc1ccc2c(c1)Cc1ccccc1C2.Cc1ccc2c(c1)Cc1cccnc1C2.Cc1ccc2c(c1)Cc1ccncc1C2.Cc1ccc2c(c1)Cc1cnccc1C2.Cc1ccc2c(c1)Cc1ncccc1C2. The normalized spacial score (nSPS) is 13.8. The van der Waals surface area contributed by atoms with E-state index < -0.39 is 0 Å². The number of nitrogens with zero attached hydrogens (tertiary/aromatic N) is 4. The molecule has 0 N–H and O–H groups in total. The number of fused-ring (bicyclic) bond motifs is 24.